The van der Waals surface area contributed by atoms with Crippen LogP contribution in [-0.2, 0) is 0 Å². The number of hydrogen-bond acceptors (Lipinski definition) is 1. The van der Waals surface area contributed by atoms with Gasteiger partial charge in [-0.3, -0.25) is 0 Å². The van der Waals surface area contributed by atoms with Crippen LogP contribution < -0.4 is 0 Å². The van der Waals surface area contributed by atoms with E-state index in [0.29, 0.717) is 0 Å². The molecule has 0 nitrogen and oxygen atoms in total. The van der Waals surface area contributed by atoms with Crippen LogP contribution in [0.3, 0.4) is 0 Å². The predicted octanol–water partition coefficient (Wildman–Crippen LogP) is 3.64. The first kappa shape index (κ1) is 8.95. The smallest absolute Gasteiger partial charge is 0.0411 e. The van der Waals surface area contributed by atoms with Gasteiger partial charge in [0.05, 0.1) is 0 Å². The van der Waals surface area contributed by atoms with E-state index >= 15 is 0 Å². The lowest BCUT2D eigenvalue weighted by Crippen LogP contribution is -1.85. The van der Waals surface area contributed by atoms with Gasteiger partial charge in [-0.1, -0.05) is 17.7 Å². The minimum absolute atomic E-state index is 0.257. The Morgan fingerprint density at radius 3 is 2.45 bits per heavy atom. The molecular weight excluding hydrogens is 176 g/mol. The number of rotatable bonds is 1. The molecule has 0 aromatic heterocycles. The van der Waals surface area contributed by atoms with Crippen molar-refractivity contribution in [3.8, 4) is 0 Å². The first-order valence-electron chi connectivity index (χ1n) is 3.55. The summed E-state index contributed by atoms with van der Waals surface area (Å²) in [5, 5.41) is 1.05. The lowest BCUT2D eigenvalue weighted by Gasteiger charge is -2.05. The Morgan fingerprint density at radius 1 is 1.36 bits per heavy atom. The minimum atomic E-state index is 0.257. The molecule has 60 valence electrons. The largest absolute Gasteiger partial charge is 0.171 e. The van der Waals surface area contributed by atoms with Crippen molar-refractivity contribution >= 4 is 24.2 Å². The second kappa shape index (κ2) is 3.51. The fourth-order valence-electron chi connectivity index (χ4n) is 1.01. The third-order valence-corrected chi connectivity index (χ3v) is 2.06. The highest BCUT2D eigenvalue weighted by Crippen LogP contribution is 2.23. The molecule has 0 fully saturated rings. The van der Waals surface area contributed by atoms with Gasteiger partial charge in [-0.05, 0) is 37.1 Å². The highest BCUT2D eigenvalue weighted by molar-refractivity contribution is 7.80. The van der Waals surface area contributed by atoms with E-state index in [0.717, 1.165) is 5.02 Å². The highest BCUT2D eigenvalue weighted by atomic mass is 35.5. The first-order valence-corrected chi connectivity index (χ1v) is 4.44. The van der Waals surface area contributed by atoms with E-state index in [2.05, 4.69) is 18.7 Å². The van der Waals surface area contributed by atoms with Crippen molar-refractivity contribution in [3.05, 3.63) is 34.3 Å². The molecule has 0 aliphatic heterocycles. The zero-order valence-electron chi connectivity index (χ0n) is 6.63. The van der Waals surface area contributed by atoms with E-state index in [4.69, 9.17) is 11.6 Å². The van der Waals surface area contributed by atoms with Gasteiger partial charge in [0, 0.05) is 10.3 Å². The summed E-state index contributed by atoms with van der Waals surface area (Å²) >= 11 is 10.2. The number of thiol groups is 1. The molecular formula is C9H11ClS. The Bertz CT molecular complexity index is 235. The van der Waals surface area contributed by atoms with Crippen LogP contribution in [-0.4, -0.2) is 0 Å². The second-order valence-electron chi connectivity index (χ2n) is 2.74. The van der Waals surface area contributed by atoms with E-state index in [1.165, 1.54) is 11.1 Å². The molecule has 0 aliphatic rings. The normalized spacial score (nSPS) is 13.1. The van der Waals surface area contributed by atoms with Crippen LogP contribution in [0, 0.1) is 6.92 Å². The first-order chi connectivity index (χ1) is 5.09. The fourth-order valence-corrected chi connectivity index (χ4v) is 1.45. The molecule has 1 rings (SSSR count). The van der Waals surface area contributed by atoms with Crippen molar-refractivity contribution in [1.82, 2.24) is 0 Å². The Balaban J connectivity index is 3.08. The number of aryl methyl sites for hydroxylation is 1. The number of halogens is 1. The molecule has 1 unspecified atom stereocenters. The number of hydrogen-bond donors (Lipinski definition) is 1. The molecule has 0 spiro atoms. The molecule has 0 saturated carbocycles. The highest BCUT2D eigenvalue weighted by Gasteiger charge is 2.00. The zero-order valence-corrected chi connectivity index (χ0v) is 8.28. The van der Waals surface area contributed by atoms with Crippen molar-refractivity contribution < 1.29 is 0 Å². The maximum atomic E-state index is 5.86. The summed E-state index contributed by atoms with van der Waals surface area (Å²) in [4.78, 5) is 0. The van der Waals surface area contributed by atoms with Gasteiger partial charge >= 0.3 is 0 Å². The maximum Gasteiger partial charge on any atom is 0.0411 e. The molecule has 1 aromatic rings. The van der Waals surface area contributed by atoms with E-state index in [-0.39, 0.29) is 5.25 Å². The quantitative estimate of drug-likeness (QED) is 0.637. The van der Waals surface area contributed by atoms with E-state index in [1.54, 1.807) is 0 Å². The Morgan fingerprint density at radius 2 is 2.00 bits per heavy atom. The predicted molar refractivity (Wildman–Crippen MR) is 53.6 cm³/mol. The average molecular weight is 187 g/mol. The summed E-state index contributed by atoms with van der Waals surface area (Å²) in [5.41, 5.74) is 2.37. The third kappa shape index (κ3) is 2.42. The Labute approximate surface area is 78.0 Å². The SMILES string of the molecule is Cc1cc(Cl)cc(C(C)S)c1. The van der Waals surface area contributed by atoms with Gasteiger partial charge < -0.3 is 0 Å². The minimum Gasteiger partial charge on any atom is -0.171 e. The molecule has 1 aromatic carbocycles. The van der Waals surface area contributed by atoms with Gasteiger partial charge in [0.2, 0.25) is 0 Å². The van der Waals surface area contributed by atoms with Gasteiger partial charge in [-0.25, -0.2) is 0 Å². The zero-order chi connectivity index (χ0) is 8.43. The van der Waals surface area contributed by atoms with Crippen LogP contribution in [0.25, 0.3) is 0 Å². The third-order valence-electron chi connectivity index (χ3n) is 1.55. The van der Waals surface area contributed by atoms with Gasteiger partial charge in [0.1, 0.15) is 0 Å². The fraction of sp³-hybridized carbons (Fsp3) is 0.333. The molecule has 2 heteroatoms. The second-order valence-corrected chi connectivity index (χ2v) is 3.95. The summed E-state index contributed by atoms with van der Waals surface area (Å²) in [7, 11) is 0. The standard InChI is InChI=1S/C9H11ClS/c1-6-3-8(7(2)11)5-9(10)4-6/h3-5,7,11H,1-2H3. The molecule has 11 heavy (non-hydrogen) atoms. The van der Waals surface area contributed by atoms with E-state index in [9.17, 15) is 0 Å². The van der Waals surface area contributed by atoms with Crippen LogP contribution in [0.4, 0.5) is 0 Å². The monoisotopic (exact) mass is 186 g/mol. The van der Waals surface area contributed by atoms with Crippen molar-refractivity contribution in [3.63, 3.8) is 0 Å². The van der Waals surface area contributed by atoms with Crippen LogP contribution in [0.15, 0.2) is 18.2 Å². The van der Waals surface area contributed by atoms with Gasteiger partial charge in [-0.15, -0.1) is 0 Å². The van der Waals surface area contributed by atoms with Gasteiger partial charge in [-0.2, -0.15) is 12.6 Å². The molecule has 0 aliphatic carbocycles. The van der Waals surface area contributed by atoms with E-state index < -0.39 is 0 Å². The summed E-state index contributed by atoms with van der Waals surface area (Å²) < 4.78 is 0. The summed E-state index contributed by atoms with van der Waals surface area (Å²) in [6, 6.07) is 6.00. The van der Waals surface area contributed by atoms with Crippen molar-refractivity contribution in [1.29, 1.82) is 0 Å². The molecule has 0 amide bonds. The molecule has 0 bridgehead atoms. The van der Waals surface area contributed by atoms with E-state index in [1.807, 2.05) is 26.0 Å². The van der Waals surface area contributed by atoms with Crippen LogP contribution in [0.2, 0.25) is 5.02 Å². The Kier molecular flexibility index (Phi) is 2.85. The molecule has 1 atom stereocenters. The maximum absolute atomic E-state index is 5.86. The lowest BCUT2D eigenvalue weighted by atomic mass is 10.1. The number of benzene rings is 1. The summed E-state index contributed by atoms with van der Waals surface area (Å²) in [6.45, 7) is 4.07. The molecule has 0 radical (unpaired) electrons. The summed E-state index contributed by atoms with van der Waals surface area (Å²) in [6.07, 6.45) is 0. The van der Waals surface area contributed by atoms with Crippen molar-refractivity contribution in [2.24, 2.45) is 0 Å². The van der Waals surface area contributed by atoms with Crippen molar-refractivity contribution in [2.45, 2.75) is 19.1 Å². The van der Waals surface area contributed by atoms with Crippen LogP contribution >= 0.6 is 24.2 Å². The Hall–Kier alpha value is -0.140. The van der Waals surface area contributed by atoms with Crippen molar-refractivity contribution in [2.75, 3.05) is 0 Å². The van der Waals surface area contributed by atoms with Gasteiger partial charge in [0.25, 0.3) is 0 Å². The lowest BCUT2D eigenvalue weighted by molar-refractivity contribution is 1.10. The summed E-state index contributed by atoms with van der Waals surface area (Å²) in [5.74, 6) is 0. The molecule has 0 heterocycles. The van der Waals surface area contributed by atoms with Crippen LogP contribution in [0.1, 0.15) is 23.3 Å². The van der Waals surface area contributed by atoms with Gasteiger partial charge in [0.15, 0.2) is 0 Å². The molecule has 0 N–H and O–H groups in total. The molecule has 0 saturated heterocycles. The topological polar surface area (TPSA) is 0 Å². The average Bonchev–Trinajstić information content (AvgIpc) is 1.85. The van der Waals surface area contributed by atoms with Crippen LogP contribution in [0.5, 0.6) is 0 Å².